The van der Waals surface area contributed by atoms with Gasteiger partial charge in [-0.2, -0.15) is 0 Å². The molecule has 0 saturated heterocycles. The van der Waals surface area contributed by atoms with E-state index in [0.717, 1.165) is 4.91 Å². The standard InChI is InChI=1S/C4H6O2S/c7-4-1-5-3-6-2-4/h1,7H,2-3H2. The summed E-state index contributed by atoms with van der Waals surface area (Å²) < 4.78 is 9.54. The lowest BCUT2D eigenvalue weighted by molar-refractivity contribution is -0.0165. The molecule has 0 N–H and O–H groups in total. The molecule has 0 aromatic heterocycles. The first-order valence-corrected chi connectivity index (χ1v) is 2.41. The molecule has 40 valence electrons. The minimum Gasteiger partial charge on any atom is -0.474 e. The topological polar surface area (TPSA) is 18.5 Å². The molecule has 0 aliphatic carbocycles. The molecule has 0 fully saturated rings. The van der Waals surface area contributed by atoms with Gasteiger partial charge in [0.05, 0.1) is 12.9 Å². The Morgan fingerprint density at radius 3 is 2.86 bits per heavy atom. The first-order chi connectivity index (χ1) is 3.39. The SMILES string of the molecule is SC1=COCOC1. The Balaban J connectivity index is 2.40. The molecule has 1 aliphatic heterocycles. The monoisotopic (exact) mass is 118 g/mol. The van der Waals surface area contributed by atoms with Gasteiger partial charge in [-0.05, 0) is 0 Å². The molecule has 0 saturated carbocycles. The van der Waals surface area contributed by atoms with Crippen LogP contribution >= 0.6 is 12.6 Å². The van der Waals surface area contributed by atoms with Crippen molar-refractivity contribution in [1.29, 1.82) is 0 Å². The average molecular weight is 118 g/mol. The smallest absolute Gasteiger partial charge is 0.188 e. The summed E-state index contributed by atoms with van der Waals surface area (Å²) in [6.07, 6.45) is 1.59. The third-order valence-electron chi connectivity index (χ3n) is 0.621. The quantitative estimate of drug-likeness (QED) is 0.473. The fraction of sp³-hybridized carbons (Fsp3) is 0.500. The second-order valence-electron chi connectivity index (χ2n) is 1.24. The Morgan fingerprint density at radius 1 is 1.71 bits per heavy atom. The van der Waals surface area contributed by atoms with E-state index in [0.29, 0.717) is 13.4 Å². The summed E-state index contributed by atoms with van der Waals surface area (Å²) in [5.41, 5.74) is 0. The van der Waals surface area contributed by atoms with Gasteiger partial charge in [-0.3, -0.25) is 0 Å². The highest BCUT2D eigenvalue weighted by Gasteiger charge is 1.96. The Bertz CT molecular complexity index is 89.7. The molecule has 3 heteroatoms. The average Bonchev–Trinajstić information content (AvgIpc) is 1.69. The molecule has 0 unspecified atom stereocenters. The van der Waals surface area contributed by atoms with Crippen LogP contribution in [-0.4, -0.2) is 13.4 Å². The van der Waals surface area contributed by atoms with Crippen LogP contribution in [0.4, 0.5) is 0 Å². The molecule has 0 aromatic carbocycles. The third-order valence-corrected chi connectivity index (χ3v) is 0.855. The zero-order chi connectivity index (χ0) is 5.11. The van der Waals surface area contributed by atoms with Crippen LogP contribution < -0.4 is 0 Å². The summed E-state index contributed by atoms with van der Waals surface area (Å²) in [4.78, 5) is 0.839. The van der Waals surface area contributed by atoms with Crippen LogP contribution in [0.25, 0.3) is 0 Å². The lowest BCUT2D eigenvalue weighted by atomic mass is 10.6. The summed E-state index contributed by atoms with van der Waals surface area (Å²) in [5, 5.41) is 0. The zero-order valence-electron chi connectivity index (χ0n) is 3.76. The van der Waals surface area contributed by atoms with Crippen LogP contribution in [0.15, 0.2) is 11.2 Å². The van der Waals surface area contributed by atoms with Crippen molar-refractivity contribution < 1.29 is 9.47 Å². The van der Waals surface area contributed by atoms with Gasteiger partial charge in [0, 0.05) is 4.91 Å². The normalized spacial score (nSPS) is 20.4. The molecule has 1 aliphatic rings. The molecule has 2 nitrogen and oxygen atoms in total. The van der Waals surface area contributed by atoms with Crippen LogP contribution in [0.1, 0.15) is 0 Å². The van der Waals surface area contributed by atoms with Crippen molar-refractivity contribution in [2.24, 2.45) is 0 Å². The number of thiol groups is 1. The Morgan fingerprint density at radius 2 is 2.57 bits per heavy atom. The maximum Gasteiger partial charge on any atom is 0.188 e. The summed E-state index contributed by atoms with van der Waals surface area (Å²) in [6, 6.07) is 0. The van der Waals surface area contributed by atoms with Crippen LogP contribution in [0.3, 0.4) is 0 Å². The highest BCUT2D eigenvalue weighted by molar-refractivity contribution is 7.84. The van der Waals surface area contributed by atoms with Gasteiger partial charge in [0.2, 0.25) is 0 Å². The molecule has 0 spiro atoms. The molecule has 0 bridgehead atoms. The summed E-state index contributed by atoms with van der Waals surface area (Å²) in [6.45, 7) is 0.952. The van der Waals surface area contributed by atoms with E-state index >= 15 is 0 Å². The fourth-order valence-corrected chi connectivity index (χ4v) is 0.524. The van der Waals surface area contributed by atoms with Gasteiger partial charge in [-0.1, -0.05) is 0 Å². The fourth-order valence-electron chi connectivity index (χ4n) is 0.359. The summed E-state index contributed by atoms with van der Waals surface area (Å²) in [5.74, 6) is 0. The zero-order valence-corrected chi connectivity index (χ0v) is 4.65. The second kappa shape index (κ2) is 2.23. The van der Waals surface area contributed by atoms with Gasteiger partial charge in [0.1, 0.15) is 0 Å². The molecular weight excluding hydrogens is 112 g/mol. The maximum absolute atomic E-state index is 4.81. The molecular formula is C4H6O2S. The van der Waals surface area contributed by atoms with Crippen LogP contribution in [0, 0.1) is 0 Å². The Kier molecular flexibility index (Phi) is 1.59. The van der Waals surface area contributed by atoms with Gasteiger partial charge in [0.25, 0.3) is 0 Å². The Hall–Kier alpha value is -0.150. The van der Waals surface area contributed by atoms with Crippen molar-refractivity contribution >= 4 is 12.6 Å². The largest absolute Gasteiger partial charge is 0.474 e. The first kappa shape index (κ1) is 5.00. The lowest BCUT2D eigenvalue weighted by Crippen LogP contribution is -2.03. The predicted octanol–water partition coefficient (Wildman–Crippen LogP) is 0.762. The summed E-state index contributed by atoms with van der Waals surface area (Å²) >= 11 is 3.97. The van der Waals surface area contributed by atoms with Gasteiger partial charge in [-0.15, -0.1) is 12.6 Å². The van der Waals surface area contributed by atoms with Crippen molar-refractivity contribution in [3.63, 3.8) is 0 Å². The molecule has 0 aromatic rings. The highest BCUT2D eigenvalue weighted by atomic mass is 32.1. The maximum atomic E-state index is 4.81. The van der Waals surface area contributed by atoms with E-state index in [1.807, 2.05) is 0 Å². The minimum atomic E-state index is 0.365. The summed E-state index contributed by atoms with van der Waals surface area (Å²) in [7, 11) is 0. The minimum absolute atomic E-state index is 0.365. The molecule has 7 heavy (non-hydrogen) atoms. The van der Waals surface area contributed by atoms with E-state index in [1.165, 1.54) is 0 Å². The van der Waals surface area contributed by atoms with E-state index in [1.54, 1.807) is 6.26 Å². The van der Waals surface area contributed by atoms with E-state index in [-0.39, 0.29) is 0 Å². The van der Waals surface area contributed by atoms with Crippen LogP contribution in [0.5, 0.6) is 0 Å². The van der Waals surface area contributed by atoms with E-state index in [2.05, 4.69) is 12.6 Å². The van der Waals surface area contributed by atoms with Crippen molar-refractivity contribution in [1.82, 2.24) is 0 Å². The van der Waals surface area contributed by atoms with E-state index in [9.17, 15) is 0 Å². The van der Waals surface area contributed by atoms with Gasteiger partial charge >= 0.3 is 0 Å². The van der Waals surface area contributed by atoms with Crippen molar-refractivity contribution in [3.05, 3.63) is 11.2 Å². The first-order valence-electron chi connectivity index (χ1n) is 1.97. The molecule has 1 heterocycles. The number of ether oxygens (including phenoxy) is 2. The second-order valence-corrected chi connectivity index (χ2v) is 1.82. The molecule has 0 radical (unpaired) electrons. The lowest BCUT2D eigenvalue weighted by Gasteiger charge is -2.08. The van der Waals surface area contributed by atoms with Crippen molar-refractivity contribution in [3.8, 4) is 0 Å². The number of hydrogen-bond donors (Lipinski definition) is 1. The van der Waals surface area contributed by atoms with Crippen LogP contribution in [-0.2, 0) is 9.47 Å². The third kappa shape index (κ3) is 1.41. The molecule has 0 amide bonds. The van der Waals surface area contributed by atoms with E-state index in [4.69, 9.17) is 9.47 Å². The highest BCUT2D eigenvalue weighted by Crippen LogP contribution is 2.05. The van der Waals surface area contributed by atoms with Gasteiger partial charge in [0.15, 0.2) is 6.79 Å². The van der Waals surface area contributed by atoms with Crippen molar-refractivity contribution in [2.45, 2.75) is 0 Å². The van der Waals surface area contributed by atoms with E-state index < -0.39 is 0 Å². The predicted molar refractivity (Wildman–Crippen MR) is 29.0 cm³/mol. The van der Waals surface area contributed by atoms with Crippen LogP contribution in [0.2, 0.25) is 0 Å². The van der Waals surface area contributed by atoms with Crippen molar-refractivity contribution in [2.75, 3.05) is 13.4 Å². The Labute approximate surface area is 47.5 Å². The number of hydrogen-bond acceptors (Lipinski definition) is 3. The van der Waals surface area contributed by atoms with Gasteiger partial charge in [-0.25, -0.2) is 0 Å². The molecule has 0 atom stereocenters. The molecule has 1 rings (SSSR count). The van der Waals surface area contributed by atoms with Gasteiger partial charge < -0.3 is 9.47 Å². The number of rotatable bonds is 0.